The number of carbonyl (C=O) groups is 1. The molecule has 1 heterocycles. The summed E-state index contributed by atoms with van der Waals surface area (Å²) in [6, 6.07) is 15.9. The van der Waals surface area contributed by atoms with Gasteiger partial charge in [-0.05, 0) is 43.0 Å². The number of benzene rings is 2. The first kappa shape index (κ1) is 21.4. The summed E-state index contributed by atoms with van der Waals surface area (Å²) in [5, 5.41) is 3.03. The molecule has 4 nitrogen and oxygen atoms in total. The minimum absolute atomic E-state index is 0. The minimum Gasteiger partial charge on any atom is -0.381 e. The molecule has 1 fully saturated rings. The lowest BCUT2D eigenvalue weighted by Crippen LogP contribution is -2.53. The van der Waals surface area contributed by atoms with Gasteiger partial charge in [0, 0.05) is 25.2 Å². The van der Waals surface area contributed by atoms with E-state index in [2.05, 4.69) is 5.32 Å². The molecule has 2 aromatic rings. The number of hydrogen-bond acceptors (Lipinski definition) is 3. The normalized spacial score (nSPS) is 18.0. The van der Waals surface area contributed by atoms with Gasteiger partial charge in [0.15, 0.2) is 0 Å². The lowest BCUT2D eigenvalue weighted by atomic mass is 9.74. The minimum atomic E-state index is -1.11. The van der Waals surface area contributed by atoms with Crippen LogP contribution in [0.25, 0.3) is 0 Å². The number of rotatable bonds is 5. The first-order valence-corrected chi connectivity index (χ1v) is 8.91. The maximum atomic E-state index is 13.3. The predicted molar refractivity (Wildman–Crippen MR) is 106 cm³/mol. The van der Waals surface area contributed by atoms with Crippen LogP contribution in [-0.2, 0) is 20.5 Å². The van der Waals surface area contributed by atoms with Gasteiger partial charge < -0.3 is 15.8 Å². The van der Waals surface area contributed by atoms with Crippen LogP contribution in [-0.4, -0.2) is 25.7 Å². The average Bonchev–Trinajstić information content (AvgIpc) is 2.68. The van der Waals surface area contributed by atoms with Gasteiger partial charge in [0.2, 0.25) is 5.91 Å². The van der Waals surface area contributed by atoms with Crippen molar-refractivity contribution in [3.63, 3.8) is 0 Å². The van der Waals surface area contributed by atoms with E-state index in [9.17, 15) is 9.18 Å². The molecule has 0 spiro atoms. The highest BCUT2D eigenvalue weighted by Crippen LogP contribution is 2.34. The van der Waals surface area contributed by atoms with Gasteiger partial charge in [-0.2, -0.15) is 0 Å². The number of hydrogen-bond donors (Lipinski definition) is 2. The highest BCUT2D eigenvalue weighted by atomic mass is 35.5. The highest BCUT2D eigenvalue weighted by molar-refractivity contribution is 5.87. The van der Waals surface area contributed by atoms with Crippen molar-refractivity contribution in [2.75, 3.05) is 19.8 Å². The Balaban J connectivity index is 0.00000261. The van der Waals surface area contributed by atoms with E-state index in [0.717, 1.165) is 24.0 Å². The van der Waals surface area contributed by atoms with Gasteiger partial charge in [-0.3, -0.25) is 4.79 Å². The molecular weight excluding hydrogens is 367 g/mol. The van der Waals surface area contributed by atoms with E-state index in [1.165, 1.54) is 12.1 Å². The first-order valence-electron chi connectivity index (χ1n) is 8.91. The number of nitrogens with two attached hydrogens (primary N) is 1. The third kappa shape index (κ3) is 4.67. The molecule has 0 aromatic heterocycles. The van der Waals surface area contributed by atoms with Crippen LogP contribution in [0.2, 0.25) is 0 Å². The van der Waals surface area contributed by atoms with E-state index in [1.807, 2.05) is 30.3 Å². The van der Waals surface area contributed by atoms with E-state index in [4.69, 9.17) is 10.5 Å². The molecule has 3 N–H and O–H groups in total. The van der Waals surface area contributed by atoms with E-state index < -0.39 is 5.54 Å². The summed E-state index contributed by atoms with van der Waals surface area (Å²) < 4.78 is 18.8. The van der Waals surface area contributed by atoms with Crippen molar-refractivity contribution in [3.8, 4) is 0 Å². The Kier molecular flexibility index (Phi) is 6.98. The van der Waals surface area contributed by atoms with Crippen LogP contribution >= 0.6 is 12.4 Å². The molecule has 0 bridgehead atoms. The lowest BCUT2D eigenvalue weighted by Gasteiger charge is -2.38. The third-order valence-electron chi connectivity index (χ3n) is 5.34. The van der Waals surface area contributed by atoms with Crippen molar-refractivity contribution < 1.29 is 13.9 Å². The number of ether oxygens (including phenoxy) is 1. The van der Waals surface area contributed by atoms with Crippen molar-refractivity contribution >= 4 is 18.3 Å². The number of halogens is 2. The molecule has 0 radical (unpaired) electrons. The zero-order valence-electron chi connectivity index (χ0n) is 15.4. The van der Waals surface area contributed by atoms with Crippen LogP contribution in [0.15, 0.2) is 54.6 Å². The summed E-state index contributed by atoms with van der Waals surface area (Å²) in [5.74, 6) is -0.490. The molecule has 1 saturated heterocycles. The third-order valence-corrected chi connectivity index (χ3v) is 5.34. The second-order valence-corrected chi connectivity index (χ2v) is 7.15. The van der Waals surface area contributed by atoms with Crippen molar-refractivity contribution in [2.45, 2.75) is 30.7 Å². The van der Waals surface area contributed by atoms with Crippen LogP contribution in [0, 0.1) is 5.82 Å². The largest absolute Gasteiger partial charge is 0.381 e. The Bertz CT molecular complexity index is 745. The Hall–Kier alpha value is -1.95. The maximum absolute atomic E-state index is 13.3. The van der Waals surface area contributed by atoms with Crippen LogP contribution in [0.4, 0.5) is 4.39 Å². The molecular formula is C21H26ClFN2O2. The molecule has 2 aromatic carbocycles. The summed E-state index contributed by atoms with van der Waals surface area (Å²) >= 11 is 0. The molecule has 0 saturated carbocycles. The monoisotopic (exact) mass is 392 g/mol. The van der Waals surface area contributed by atoms with Gasteiger partial charge in [0.05, 0.1) is 0 Å². The first-order chi connectivity index (χ1) is 12.4. The van der Waals surface area contributed by atoms with Gasteiger partial charge in [-0.15, -0.1) is 12.4 Å². The standard InChI is InChI=1S/C21H25FN2O2.ClH/c1-20(23,16-5-3-2-4-6-16)19(25)24-15-21(11-13-26-14-12-21)17-7-9-18(22)10-8-17;/h2-10H,11-15,23H2,1H3,(H,24,25);1H. The summed E-state index contributed by atoms with van der Waals surface area (Å²) in [6.07, 6.45) is 1.54. The van der Waals surface area contributed by atoms with E-state index in [1.54, 1.807) is 19.1 Å². The molecule has 27 heavy (non-hydrogen) atoms. The van der Waals surface area contributed by atoms with Gasteiger partial charge in [0.25, 0.3) is 0 Å². The van der Waals surface area contributed by atoms with E-state index >= 15 is 0 Å². The molecule has 1 atom stereocenters. The highest BCUT2D eigenvalue weighted by Gasteiger charge is 2.37. The zero-order chi connectivity index (χ0) is 18.6. The molecule has 6 heteroatoms. The Morgan fingerprint density at radius 3 is 2.33 bits per heavy atom. The van der Waals surface area contributed by atoms with Crippen molar-refractivity contribution in [2.24, 2.45) is 5.73 Å². The Morgan fingerprint density at radius 1 is 1.15 bits per heavy atom. The summed E-state index contributed by atoms with van der Waals surface area (Å²) in [4.78, 5) is 12.8. The van der Waals surface area contributed by atoms with Gasteiger partial charge in [0.1, 0.15) is 11.4 Å². The molecule has 0 aliphatic carbocycles. The van der Waals surface area contributed by atoms with E-state index in [-0.39, 0.29) is 29.5 Å². The van der Waals surface area contributed by atoms with Crippen LogP contribution in [0.5, 0.6) is 0 Å². The van der Waals surface area contributed by atoms with Gasteiger partial charge in [-0.25, -0.2) is 4.39 Å². The Morgan fingerprint density at radius 2 is 1.74 bits per heavy atom. The Labute approximate surface area is 165 Å². The molecule has 1 amide bonds. The fourth-order valence-corrected chi connectivity index (χ4v) is 3.48. The maximum Gasteiger partial charge on any atom is 0.244 e. The number of nitrogens with one attached hydrogen (secondary N) is 1. The number of carbonyl (C=O) groups excluding carboxylic acids is 1. The van der Waals surface area contributed by atoms with Crippen LogP contribution < -0.4 is 11.1 Å². The van der Waals surface area contributed by atoms with Crippen LogP contribution in [0.1, 0.15) is 30.9 Å². The van der Waals surface area contributed by atoms with Gasteiger partial charge >= 0.3 is 0 Å². The summed E-state index contributed by atoms with van der Waals surface area (Å²) in [6.45, 7) is 3.39. The van der Waals surface area contributed by atoms with Crippen molar-refractivity contribution in [1.29, 1.82) is 0 Å². The fraction of sp³-hybridized carbons (Fsp3) is 0.381. The second kappa shape index (κ2) is 8.83. The molecule has 1 aliphatic rings. The SMILES string of the molecule is CC(N)(C(=O)NCC1(c2ccc(F)cc2)CCOCC1)c1ccccc1.Cl. The molecule has 1 unspecified atom stereocenters. The number of amides is 1. The predicted octanol–water partition coefficient (Wildman–Crippen LogP) is 3.29. The van der Waals surface area contributed by atoms with Crippen molar-refractivity contribution in [3.05, 3.63) is 71.5 Å². The topological polar surface area (TPSA) is 64.4 Å². The van der Waals surface area contributed by atoms with Crippen LogP contribution in [0.3, 0.4) is 0 Å². The molecule has 146 valence electrons. The average molecular weight is 393 g/mol. The zero-order valence-corrected chi connectivity index (χ0v) is 16.2. The smallest absolute Gasteiger partial charge is 0.244 e. The van der Waals surface area contributed by atoms with Gasteiger partial charge in [-0.1, -0.05) is 42.5 Å². The summed E-state index contributed by atoms with van der Waals surface area (Å²) in [5.41, 5.74) is 6.71. The fourth-order valence-electron chi connectivity index (χ4n) is 3.48. The van der Waals surface area contributed by atoms with E-state index in [0.29, 0.717) is 19.8 Å². The molecule has 3 rings (SSSR count). The summed E-state index contributed by atoms with van der Waals surface area (Å²) in [7, 11) is 0. The molecule has 1 aliphatic heterocycles. The second-order valence-electron chi connectivity index (χ2n) is 7.15. The quantitative estimate of drug-likeness (QED) is 0.820. The lowest BCUT2D eigenvalue weighted by molar-refractivity contribution is -0.126. The van der Waals surface area contributed by atoms with Crippen molar-refractivity contribution in [1.82, 2.24) is 5.32 Å².